The van der Waals surface area contributed by atoms with Crippen LogP contribution < -0.4 is 5.32 Å². The van der Waals surface area contributed by atoms with Gasteiger partial charge in [0.1, 0.15) is 0 Å². The number of nitrogens with one attached hydrogen (secondary N) is 1. The van der Waals surface area contributed by atoms with Crippen LogP contribution in [-0.2, 0) is 6.42 Å². The van der Waals surface area contributed by atoms with E-state index >= 15 is 0 Å². The fourth-order valence-electron chi connectivity index (χ4n) is 1.75. The summed E-state index contributed by atoms with van der Waals surface area (Å²) in [7, 11) is 0. The van der Waals surface area contributed by atoms with Crippen molar-refractivity contribution in [1.82, 2.24) is 5.32 Å². The van der Waals surface area contributed by atoms with Gasteiger partial charge in [-0.2, -0.15) is 0 Å². The Balaban J connectivity index is 2.44. The second-order valence-electron chi connectivity index (χ2n) is 5.03. The maximum atomic E-state index is 9.97. The van der Waals surface area contributed by atoms with Crippen molar-refractivity contribution >= 4 is 0 Å². The van der Waals surface area contributed by atoms with Gasteiger partial charge in [0.15, 0.2) is 0 Å². The van der Waals surface area contributed by atoms with Gasteiger partial charge in [-0.25, -0.2) is 0 Å². The molecule has 0 saturated carbocycles. The van der Waals surface area contributed by atoms with Crippen LogP contribution in [0.4, 0.5) is 0 Å². The fraction of sp³-hybridized carbons (Fsp3) is 0.600. The predicted octanol–water partition coefficient (Wildman–Crippen LogP) is 2.76. The van der Waals surface area contributed by atoms with Gasteiger partial charge in [0.25, 0.3) is 0 Å². The molecule has 0 saturated heterocycles. The Hall–Kier alpha value is -0.860. The molecule has 0 aliphatic rings. The van der Waals surface area contributed by atoms with Gasteiger partial charge >= 0.3 is 0 Å². The lowest BCUT2D eigenvalue weighted by Gasteiger charge is -2.26. The van der Waals surface area contributed by atoms with Crippen LogP contribution in [0.25, 0.3) is 0 Å². The minimum atomic E-state index is -0.593. The zero-order valence-corrected chi connectivity index (χ0v) is 11.2. The lowest BCUT2D eigenvalue weighted by molar-refractivity contribution is 0.0526. The normalized spacial score (nSPS) is 16.5. The molecule has 0 aliphatic heterocycles. The summed E-state index contributed by atoms with van der Waals surface area (Å²) in [5, 5.41) is 13.4. The molecule has 2 unspecified atom stereocenters. The van der Waals surface area contributed by atoms with E-state index in [-0.39, 0.29) is 0 Å². The van der Waals surface area contributed by atoms with Crippen LogP contribution in [-0.4, -0.2) is 23.3 Å². The lowest BCUT2D eigenvalue weighted by Crippen LogP contribution is -2.42. The Morgan fingerprint density at radius 3 is 2.41 bits per heavy atom. The van der Waals surface area contributed by atoms with Gasteiger partial charge in [0.05, 0.1) is 5.60 Å². The predicted molar refractivity (Wildman–Crippen MR) is 73.1 cm³/mol. The summed E-state index contributed by atoms with van der Waals surface area (Å²) in [4.78, 5) is 0. The SMILES string of the molecule is CCC(Cc1ccccc1)NCC(C)(O)CC. The molecule has 0 radical (unpaired) electrons. The van der Waals surface area contributed by atoms with Crippen LogP contribution in [0.3, 0.4) is 0 Å². The lowest BCUT2D eigenvalue weighted by atomic mass is 10.0. The standard InChI is InChI=1S/C15H25NO/c1-4-14(16-12-15(3,17)5-2)11-13-9-7-6-8-10-13/h6-10,14,16-17H,4-5,11-12H2,1-3H3. The van der Waals surface area contributed by atoms with Crippen LogP contribution >= 0.6 is 0 Å². The molecule has 0 spiro atoms. The second kappa shape index (κ2) is 6.77. The van der Waals surface area contributed by atoms with Gasteiger partial charge in [0.2, 0.25) is 0 Å². The van der Waals surface area contributed by atoms with Crippen LogP contribution in [0.1, 0.15) is 39.2 Å². The molecule has 96 valence electrons. The van der Waals surface area contributed by atoms with Crippen LogP contribution in [0.5, 0.6) is 0 Å². The minimum absolute atomic E-state index is 0.440. The molecule has 1 aromatic rings. The fourth-order valence-corrected chi connectivity index (χ4v) is 1.75. The number of hydrogen-bond acceptors (Lipinski definition) is 2. The number of benzene rings is 1. The minimum Gasteiger partial charge on any atom is -0.389 e. The quantitative estimate of drug-likeness (QED) is 0.761. The van der Waals surface area contributed by atoms with Gasteiger partial charge < -0.3 is 10.4 Å². The topological polar surface area (TPSA) is 32.3 Å². The average molecular weight is 235 g/mol. The zero-order chi connectivity index (χ0) is 12.7. The molecule has 1 rings (SSSR count). The van der Waals surface area contributed by atoms with E-state index < -0.39 is 5.60 Å². The number of rotatable bonds is 7. The largest absolute Gasteiger partial charge is 0.389 e. The van der Waals surface area contributed by atoms with E-state index in [4.69, 9.17) is 0 Å². The Bertz CT molecular complexity index is 308. The molecule has 2 nitrogen and oxygen atoms in total. The monoisotopic (exact) mass is 235 g/mol. The summed E-state index contributed by atoms with van der Waals surface area (Å²) in [6, 6.07) is 10.9. The van der Waals surface area contributed by atoms with E-state index in [2.05, 4.69) is 36.5 Å². The summed E-state index contributed by atoms with van der Waals surface area (Å²) < 4.78 is 0. The van der Waals surface area contributed by atoms with E-state index in [1.54, 1.807) is 0 Å². The van der Waals surface area contributed by atoms with Crippen molar-refractivity contribution in [3.05, 3.63) is 35.9 Å². The Kier molecular flexibility index (Phi) is 5.66. The van der Waals surface area contributed by atoms with Crippen molar-refractivity contribution < 1.29 is 5.11 Å². The third-order valence-corrected chi connectivity index (χ3v) is 3.35. The highest BCUT2D eigenvalue weighted by molar-refractivity contribution is 5.15. The third kappa shape index (κ3) is 5.33. The molecular formula is C15H25NO. The Morgan fingerprint density at radius 2 is 1.88 bits per heavy atom. The summed E-state index contributed by atoms with van der Waals surface area (Å²) in [5.74, 6) is 0. The highest BCUT2D eigenvalue weighted by Crippen LogP contribution is 2.09. The summed E-state index contributed by atoms with van der Waals surface area (Å²) in [6.07, 6.45) is 2.88. The molecule has 2 N–H and O–H groups in total. The maximum Gasteiger partial charge on any atom is 0.0741 e. The highest BCUT2D eigenvalue weighted by Gasteiger charge is 2.18. The number of aliphatic hydroxyl groups is 1. The van der Waals surface area contributed by atoms with E-state index in [0.717, 1.165) is 19.3 Å². The molecule has 0 aromatic heterocycles. The Labute approximate surface area is 105 Å². The molecule has 0 bridgehead atoms. The smallest absolute Gasteiger partial charge is 0.0741 e. The third-order valence-electron chi connectivity index (χ3n) is 3.35. The molecular weight excluding hydrogens is 210 g/mol. The van der Waals surface area contributed by atoms with Gasteiger partial charge in [-0.15, -0.1) is 0 Å². The van der Waals surface area contributed by atoms with E-state index in [1.807, 2.05) is 19.9 Å². The first-order chi connectivity index (χ1) is 8.07. The first-order valence-corrected chi connectivity index (χ1v) is 6.57. The van der Waals surface area contributed by atoms with Gasteiger partial charge in [-0.3, -0.25) is 0 Å². The van der Waals surface area contributed by atoms with Crippen molar-refractivity contribution in [1.29, 1.82) is 0 Å². The molecule has 0 aliphatic carbocycles. The van der Waals surface area contributed by atoms with E-state index in [1.165, 1.54) is 5.56 Å². The highest BCUT2D eigenvalue weighted by atomic mass is 16.3. The Morgan fingerprint density at radius 1 is 1.24 bits per heavy atom. The summed E-state index contributed by atoms with van der Waals surface area (Å²) in [5.41, 5.74) is 0.757. The molecule has 0 amide bonds. The summed E-state index contributed by atoms with van der Waals surface area (Å²) in [6.45, 7) is 6.74. The average Bonchev–Trinajstić information content (AvgIpc) is 2.35. The van der Waals surface area contributed by atoms with Crippen molar-refractivity contribution in [2.75, 3.05) is 6.54 Å². The zero-order valence-electron chi connectivity index (χ0n) is 11.2. The molecule has 2 heteroatoms. The van der Waals surface area contributed by atoms with Crippen molar-refractivity contribution in [3.63, 3.8) is 0 Å². The van der Waals surface area contributed by atoms with Crippen LogP contribution in [0.15, 0.2) is 30.3 Å². The summed E-state index contributed by atoms with van der Waals surface area (Å²) >= 11 is 0. The molecule has 17 heavy (non-hydrogen) atoms. The van der Waals surface area contributed by atoms with Gasteiger partial charge in [0, 0.05) is 12.6 Å². The second-order valence-corrected chi connectivity index (χ2v) is 5.03. The van der Waals surface area contributed by atoms with Gasteiger partial charge in [-0.05, 0) is 31.7 Å². The first kappa shape index (κ1) is 14.2. The maximum absolute atomic E-state index is 9.97. The number of hydrogen-bond donors (Lipinski definition) is 2. The molecule has 2 atom stereocenters. The van der Waals surface area contributed by atoms with Crippen LogP contribution in [0, 0.1) is 0 Å². The first-order valence-electron chi connectivity index (χ1n) is 6.57. The molecule has 0 fully saturated rings. The van der Waals surface area contributed by atoms with Gasteiger partial charge in [-0.1, -0.05) is 44.2 Å². The van der Waals surface area contributed by atoms with E-state index in [9.17, 15) is 5.11 Å². The van der Waals surface area contributed by atoms with E-state index in [0.29, 0.717) is 12.6 Å². The molecule has 0 heterocycles. The van der Waals surface area contributed by atoms with Crippen molar-refractivity contribution in [3.8, 4) is 0 Å². The van der Waals surface area contributed by atoms with Crippen molar-refractivity contribution in [2.24, 2.45) is 0 Å². The van der Waals surface area contributed by atoms with Crippen molar-refractivity contribution in [2.45, 2.75) is 51.7 Å². The molecule has 1 aromatic carbocycles. The van der Waals surface area contributed by atoms with Crippen LogP contribution in [0.2, 0.25) is 0 Å².